The molecule has 0 saturated heterocycles. The lowest BCUT2D eigenvalue weighted by Crippen LogP contribution is -2.15. The van der Waals surface area contributed by atoms with E-state index in [4.69, 9.17) is 18.0 Å². The molecule has 0 bridgehead atoms. The largest absolute Gasteiger partial charge is 0.388 e. The van der Waals surface area contributed by atoms with E-state index >= 15 is 0 Å². The van der Waals surface area contributed by atoms with Crippen molar-refractivity contribution >= 4 is 28.2 Å². The van der Waals surface area contributed by atoms with E-state index in [2.05, 4.69) is 15.3 Å². The van der Waals surface area contributed by atoms with Crippen molar-refractivity contribution in [3.8, 4) is 5.69 Å². The summed E-state index contributed by atoms with van der Waals surface area (Å²) < 4.78 is 1.69. The summed E-state index contributed by atoms with van der Waals surface area (Å²) in [6, 6.07) is 11.4. The third kappa shape index (κ3) is 1.63. The van der Waals surface area contributed by atoms with Gasteiger partial charge in [-0.3, -0.25) is 4.98 Å². The van der Waals surface area contributed by atoms with E-state index in [9.17, 15) is 0 Å². The maximum Gasteiger partial charge on any atom is 0.124 e. The Bertz CT molecular complexity index is 734. The highest BCUT2D eigenvalue weighted by atomic mass is 32.1. The van der Waals surface area contributed by atoms with Crippen LogP contribution in [-0.2, 0) is 0 Å². The maximum atomic E-state index is 5.67. The van der Waals surface area contributed by atoms with Gasteiger partial charge >= 0.3 is 0 Å². The molecule has 0 aliphatic rings. The standard InChI is InChI=1S/C12H9N5S/c13-12(18)11-10(6-3-7-14-11)17-9-5-2-1-4-8(9)15-16-17/h1-7H,(H2,13,18). The van der Waals surface area contributed by atoms with Crippen molar-refractivity contribution in [2.75, 3.05) is 0 Å². The molecule has 0 saturated carbocycles. The first-order chi connectivity index (χ1) is 8.77. The fourth-order valence-corrected chi connectivity index (χ4v) is 1.96. The SMILES string of the molecule is NC(=S)c1ncccc1-n1nnc2ccccc21. The van der Waals surface area contributed by atoms with E-state index < -0.39 is 0 Å². The summed E-state index contributed by atoms with van der Waals surface area (Å²) in [6.45, 7) is 0. The predicted molar refractivity (Wildman–Crippen MR) is 72.5 cm³/mol. The molecule has 0 atom stereocenters. The predicted octanol–water partition coefficient (Wildman–Crippen LogP) is 1.45. The van der Waals surface area contributed by atoms with Gasteiger partial charge in [-0.1, -0.05) is 29.6 Å². The van der Waals surface area contributed by atoms with E-state index in [0.717, 1.165) is 16.7 Å². The molecular formula is C12H9N5S. The van der Waals surface area contributed by atoms with E-state index in [1.807, 2.05) is 36.4 Å². The third-order valence-electron chi connectivity index (χ3n) is 2.60. The number of thiocarbonyl (C=S) groups is 1. The van der Waals surface area contributed by atoms with Crippen molar-refractivity contribution in [1.29, 1.82) is 0 Å². The Kier molecular flexibility index (Phi) is 2.49. The summed E-state index contributed by atoms with van der Waals surface area (Å²) in [5.41, 5.74) is 8.66. The van der Waals surface area contributed by atoms with E-state index in [1.165, 1.54) is 0 Å². The van der Waals surface area contributed by atoms with Gasteiger partial charge in [0.05, 0.1) is 11.2 Å². The average molecular weight is 255 g/mol. The van der Waals surface area contributed by atoms with Crippen LogP contribution in [0.5, 0.6) is 0 Å². The van der Waals surface area contributed by atoms with Gasteiger partial charge in [0, 0.05) is 6.20 Å². The zero-order chi connectivity index (χ0) is 12.5. The number of hydrogen-bond acceptors (Lipinski definition) is 4. The van der Waals surface area contributed by atoms with Crippen LogP contribution in [0.25, 0.3) is 16.7 Å². The van der Waals surface area contributed by atoms with E-state index in [-0.39, 0.29) is 4.99 Å². The molecule has 5 nitrogen and oxygen atoms in total. The van der Waals surface area contributed by atoms with Gasteiger partial charge < -0.3 is 5.73 Å². The number of pyridine rings is 1. The van der Waals surface area contributed by atoms with Crippen LogP contribution < -0.4 is 5.73 Å². The zero-order valence-corrected chi connectivity index (χ0v) is 10.1. The van der Waals surface area contributed by atoms with Gasteiger partial charge in [0.1, 0.15) is 16.2 Å². The fourth-order valence-electron chi connectivity index (χ4n) is 1.80. The number of benzene rings is 1. The minimum absolute atomic E-state index is 0.241. The fraction of sp³-hybridized carbons (Fsp3) is 0. The van der Waals surface area contributed by atoms with Crippen LogP contribution >= 0.6 is 12.2 Å². The van der Waals surface area contributed by atoms with E-state index in [0.29, 0.717) is 5.69 Å². The molecule has 0 spiro atoms. The highest BCUT2D eigenvalue weighted by Gasteiger charge is 2.12. The Morgan fingerprint density at radius 3 is 2.83 bits per heavy atom. The monoisotopic (exact) mass is 255 g/mol. The lowest BCUT2D eigenvalue weighted by molar-refractivity contribution is 0.818. The molecule has 0 amide bonds. The summed E-state index contributed by atoms with van der Waals surface area (Å²) in [5, 5.41) is 8.22. The maximum absolute atomic E-state index is 5.67. The Morgan fingerprint density at radius 2 is 2.00 bits per heavy atom. The van der Waals surface area contributed by atoms with Crippen LogP contribution in [0.15, 0.2) is 42.6 Å². The second-order valence-electron chi connectivity index (χ2n) is 3.73. The summed E-state index contributed by atoms with van der Waals surface area (Å²) in [4.78, 5) is 4.43. The number of nitrogens with zero attached hydrogens (tertiary/aromatic N) is 4. The van der Waals surface area contributed by atoms with Crippen molar-refractivity contribution < 1.29 is 0 Å². The molecule has 2 aromatic heterocycles. The number of rotatable bonds is 2. The van der Waals surface area contributed by atoms with Gasteiger partial charge in [-0.05, 0) is 24.3 Å². The normalized spacial score (nSPS) is 10.7. The Morgan fingerprint density at radius 1 is 1.17 bits per heavy atom. The molecule has 0 radical (unpaired) electrons. The summed E-state index contributed by atoms with van der Waals surface area (Å²) in [7, 11) is 0. The molecule has 3 rings (SSSR count). The van der Waals surface area contributed by atoms with Gasteiger partial charge in [0.25, 0.3) is 0 Å². The molecular weight excluding hydrogens is 246 g/mol. The van der Waals surface area contributed by atoms with Crippen LogP contribution in [0.1, 0.15) is 5.69 Å². The van der Waals surface area contributed by atoms with Crippen LogP contribution in [0.2, 0.25) is 0 Å². The summed E-state index contributed by atoms with van der Waals surface area (Å²) >= 11 is 5.00. The van der Waals surface area contributed by atoms with Crippen LogP contribution in [0.4, 0.5) is 0 Å². The van der Waals surface area contributed by atoms with Crippen molar-refractivity contribution in [3.05, 3.63) is 48.3 Å². The first-order valence-corrected chi connectivity index (χ1v) is 5.74. The number of nitrogens with two attached hydrogens (primary N) is 1. The Labute approximate surface area is 108 Å². The Balaban J connectivity index is 2.30. The molecule has 1 aromatic carbocycles. The van der Waals surface area contributed by atoms with Crippen molar-refractivity contribution in [1.82, 2.24) is 20.0 Å². The molecule has 2 N–H and O–H groups in total. The molecule has 0 aliphatic heterocycles. The summed E-state index contributed by atoms with van der Waals surface area (Å²) in [6.07, 6.45) is 1.65. The molecule has 2 heterocycles. The van der Waals surface area contributed by atoms with Gasteiger partial charge in [0.2, 0.25) is 0 Å². The number of hydrogen-bond donors (Lipinski definition) is 1. The van der Waals surface area contributed by atoms with Crippen molar-refractivity contribution in [2.24, 2.45) is 5.73 Å². The van der Waals surface area contributed by atoms with Gasteiger partial charge in [-0.25, -0.2) is 4.68 Å². The lowest BCUT2D eigenvalue weighted by atomic mass is 10.2. The molecule has 6 heteroatoms. The van der Waals surface area contributed by atoms with Crippen LogP contribution in [0.3, 0.4) is 0 Å². The second kappa shape index (κ2) is 4.15. The van der Waals surface area contributed by atoms with E-state index in [1.54, 1.807) is 10.9 Å². The lowest BCUT2D eigenvalue weighted by Gasteiger charge is -2.06. The molecule has 18 heavy (non-hydrogen) atoms. The molecule has 0 fully saturated rings. The average Bonchev–Trinajstić information content (AvgIpc) is 2.82. The highest BCUT2D eigenvalue weighted by molar-refractivity contribution is 7.80. The quantitative estimate of drug-likeness (QED) is 0.702. The Hall–Kier alpha value is -2.34. The van der Waals surface area contributed by atoms with Crippen molar-refractivity contribution in [3.63, 3.8) is 0 Å². The minimum Gasteiger partial charge on any atom is -0.388 e. The summed E-state index contributed by atoms with van der Waals surface area (Å²) in [5.74, 6) is 0. The third-order valence-corrected chi connectivity index (χ3v) is 2.79. The number of fused-ring (bicyclic) bond motifs is 1. The first-order valence-electron chi connectivity index (χ1n) is 5.33. The second-order valence-corrected chi connectivity index (χ2v) is 4.17. The topological polar surface area (TPSA) is 69.6 Å². The van der Waals surface area contributed by atoms with Crippen molar-refractivity contribution in [2.45, 2.75) is 0 Å². The minimum atomic E-state index is 0.241. The van der Waals surface area contributed by atoms with Gasteiger partial charge in [-0.15, -0.1) is 5.10 Å². The number of aromatic nitrogens is 4. The highest BCUT2D eigenvalue weighted by Crippen LogP contribution is 2.17. The van der Waals surface area contributed by atoms with Crippen LogP contribution in [-0.4, -0.2) is 25.0 Å². The molecule has 3 aromatic rings. The number of para-hydroxylation sites is 1. The smallest absolute Gasteiger partial charge is 0.124 e. The van der Waals surface area contributed by atoms with Crippen LogP contribution in [0, 0.1) is 0 Å². The van der Waals surface area contributed by atoms with Gasteiger partial charge in [-0.2, -0.15) is 0 Å². The molecule has 0 unspecified atom stereocenters. The zero-order valence-electron chi connectivity index (χ0n) is 9.32. The molecule has 88 valence electrons. The molecule has 0 aliphatic carbocycles. The van der Waals surface area contributed by atoms with Gasteiger partial charge in [0.15, 0.2) is 0 Å². The first kappa shape index (κ1) is 10.8.